The third kappa shape index (κ3) is 25.1. The number of carbonyl (C=O) groups is 2. The molecule has 0 aliphatic heterocycles. The van der Waals surface area contributed by atoms with Gasteiger partial charge >= 0.3 is 35.5 Å². The normalized spacial score (nSPS) is 12.4. The molecule has 0 spiro atoms. The van der Waals surface area contributed by atoms with Crippen molar-refractivity contribution >= 4 is 17.8 Å². The molecule has 0 fully saturated rings. The summed E-state index contributed by atoms with van der Waals surface area (Å²) in [5.41, 5.74) is 0. The number of carboxylic acids is 1. The molecule has 7 heteroatoms. The van der Waals surface area contributed by atoms with Crippen LogP contribution in [0.25, 0.3) is 0 Å². The van der Waals surface area contributed by atoms with E-state index in [0.717, 1.165) is 12.8 Å². The molecule has 1 atom stereocenters. The van der Waals surface area contributed by atoms with Gasteiger partial charge in [0.1, 0.15) is 6.04 Å². The number of aliphatic carboxylic acids is 1. The van der Waals surface area contributed by atoms with Crippen LogP contribution in [-0.2, 0) is 9.59 Å². The Bertz CT molecular complexity index is 555. The fourth-order valence-corrected chi connectivity index (χ4v) is 4.27. The Balaban J connectivity index is 0. The molecule has 0 aromatic carbocycles. The van der Waals surface area contributed by atoms with Crippen LogP contribution in [0.3, 0.4) is 0 Å². The molecule has 2 N–H and O–H groups in total. The van der Waals surface area contributed by atoms with E-state index in [-0.39, 0.29) is 60.1 Å². The number of unbranched alkanes of at least 4 members (excludes halogenated alkanes) is 16. The van der Waals surface area contributed by atoms with E-state index in [1.165, 1.54) is 89.9 Å². The van der Waals surface area contributed by atoms with Gasteiger partial charge in [-0.25, -0.2) is 0 Å². The monoisotopic (exact) mass is 518 g/mol. The number of aliphatic imine (C=N–C) groups is 1. The topological polar surface area (TPSA) is 102 Å². The summed E-state index contributed by atoms with van der Waals surface area (Å²) in [6.45, 7) is 6.67. The fraction of sp³-hybridized carbons (Fsp3) is 0.897. The van der Waals surface area contributed by atoms with Gasteiger partial charge in [-0.3, -0.25) is 14.6 Å². The largest absolute Gasteiger partial charge is 1.00 e. The average Bonchev–Trinajstić information content (AvgIpc) is 2.81. The van der Waals surface area contributed by atoms with Crippen LogP contribution in [0.5, 0.6) is 0 Å². The van der Waals surface area contributed by atoms with E-state index >= 15 is 0 Å². The minimum absolute atomic E-state index is 0. The van der Waals surface area contributed by atoms with E-state index in [1.54, 1.807) is 0 Å². The second-order valence-electron chi connectivity index (χ2n) is 10.4. The number of carbonyl (C=O) groups excluding carboxylic acids is 1. The van der Waals surface area contributed by atoms with Gasteiger partial charge in [0.15, 0.2) is 0 Å². The quantitative estimate of drug-likeness (QED) is 0.0831. The van der Waals surface area contributed by atoms with E-state index in [2.05, 4.69) is 17.2 Å². The maximum absolute atomic E-state index is 12.5. The second-order valence-corrected chi connectivity index (χ2v) is 10.4. The third-order valence-electron chi connectivity index (χ3n) is 6.54. The zero-order valence-corrected chi connectivity index (χ0v) is 26.1. The van der Waals surface area contributed by atoms with Crippen LogP contribution in [0, 0.1) is 5.92 Å². The molecular formula is C29H55N2NaO4. The van der Waals surface area contributed by atoms with Gasteiger partial charge in [0, 0.05) is 13.0 Å². The van der Waals surface area contributed by atoms with Crippen LogP contribution in [-0.4, -0.2) is 35.5 Å². The summed E-state index contributed by atoms with van der Waals surface area (Å²) < 4.78 is 0. The maximum atomic E-state index is 12.5. The summed E-state index contributed by atoms with van der Waals surface area (Å²) in [6, 6.07) is -0.664. The summed E-state index contributed by atoms with van der Waals surface area (Å²) in [5.74, 6) is -1.40. The van der Waals surface area contributed by atoms with E-state index in [0.29, 0.717) is 19.4 Å². The maximum Gasteiger partial charge on any atom is 1.00 e. The molecule has 0 radical (unpaired) electrons. The number of amides is 1. The van der Waals surface area contributed by atoms with Gasteiger partial charge in [0.25, 0.3) is 0 Å². The first-order chi connectivity index (χ1) is 16.9. The van der Waals surface area contributed by atoms with Crippen LogP contribution >= 0.6 is 0 Å². The summed E-state index contributed by atoms with van der Waals surface area (Å²) in [5, 5.41) is 23.6. The van der Waals surface area contributed by atoms with Gasteiger partial charge < -0.3 is 15.5 Å². The Labute approximate surface area is 244 Å². The van der Waals surface area contributed by atoms with Gasteiger partial charge in [-0.2, -0.15) is 0 Å². The first-order valence-electron chi connectivity index (χ1n) is 14.6. The van der Waals surface area contributed by atoms with Crippen molar-refractivity contribution in [1.29, 1.82) is 0 Å². The first-order valence-corrected chi connectivity index (χ1v) is 14.6. The molecular weight excluding hydrogens is 463 g/mol. The molecule has 0 saturated carbocycles. The Morgan fingerprint density at radius 2 is 1.14 bits per heavy atom. The van der Waals surface area contributed by atoms with Gasteiger partial charge in [-0.15, -0.1) is 0 Å². The molecule has 6 nitrogen and oxygen atoms in total. The van der Waals surface area contributed by atoms with Crippen molar-refractivity contribution in [3.8, 4) is 0 Å². The molecule has 0 aromatic heterocycles. The minimum atomic E-state index is -0.858. The Morgan fingerprint density at radius 3 is 1.56 bits per heavy atom. The predicted molar refractivity (Wildman–Crippen MR) is 145 cm³/mol. The molecule has 0 rings (SSSR count). The van der Waals surface area contributed by atoms with Gasteiger partial charge in [0.2, 0.25) is 5.91 Å². The molecule has 206 valence electrons. The van der Waals surface area contributed by atoms with Crippen LogP contribution in [0.4, 0.5) is 0 Å². The zero-order valence-electron chi connectivity index (χ0n) is 24.1. The molecule has 0 aliphatic rings. The van der Waals surface area contributed by atoms with E-state index < -0.39 is 12.0 Å². The molecule has 1 amide bonds. The van der Waals surface area contributed by atoms with Crippen molar-refractivity contribution in [1.82, 2.24) is 5.32 Å². The second kappa shape index (κ2) is 27.4. The molecule has 0 heterocycles. The van der Waals surface area contributed by atoms with Crippen LogP contribution in [0.15, 0.2) is 4.99 Å². The van der Waals surface area contributed by atoms with Crippen molar-refractivity contribution in [3.63, 3.8) is 0 Å². The van der Waals surface area contributed by atoms with Crippen molar-refractivity contribution in [2.24, 2.45) is 10.9 Å². The smallest absolute Gasteiger partial charge is 0.862 e. The van der Waals surface area contributed by atoms with Crippen molar-refractivity contribution < 1.29 is 49.4 Å². The standard InChI is InChI=1S/C29H56N2O4.Na/c1-4-5-6-7-8-9-10-11-12-13-14-15-16-17-18-21-24-30-29(35)28(25(2)3)31-26(32)22-19-20-23-27(33)34;/h25,28H,4-24H2,1-3H3,(H,30,35)(H,31,32)(H,33,34);/q;+1/p-1/t28-;/m0./s1. The molecule has 0 saturated heterocycles. The summed E-state index contributed by atoms with van der Waals surface area (Å²) in [4.78, 5) is 27.1. The van der Waals surface area contributed by atoms with E-state index in [1.807, 2.05) is 13.8 Å². The van der Waals surface area contributed by atoms with Crippen LogP contribution < -0.4 is 40.0 Å². The van der Waals surface area contributed by atoms with Crippen LogP contribution in [0.1, 0.15) is 149 Å². The average molecular weight is 519 g/mol. The number of nitrogens with zero attached hydrogens (tertiary/aromatic N) is 1. The minimum Gasteiger partial charge on any atom is -0.862 e. The number of hydrogen-bond acceptors (Lipinski definition) is 4. The van der Waals surface area contributed by atoms with E-state index in [9.17, 15) is 14.7 Å². The Morgan fingerprint density at radius 1 is 0.722 bits per heavy atom. The van der Waals surface area contributed by atoms with Gasteiger partial charge in [-0.05, 0) is 37.5 Å². The van der Waals surface area contributed by atoms with Gasteiger partial charge in [0.05, 0.1) is 0 Å². The third-order valence-corrected chi connectivity index (χ3v) is 6.54. The van der Waals surface area contributed by atoms with Crippen molar-refractivity contribution in [2.45, 2.75) is 155 Å². The molecule has 0 unspecified atom stereocenters. The number of carboxylic acid groups (broad SMARTS) is 1. The Hall–Kier alpha value is -0.590. The molecule has 0 aliphatic carbocycles. The summed E-state index contributed by atoms with van der Waals surface area (Å²) in [7, 11) is 0. The number of rotatable bonds is 25. The zero-order chi connectivity index (χ0) is 26.2. The van der Waals surface area contributed by atoms with Crippen LogP contribution in [0.2, 0.25) is 0 Å². The van der Waals surface area contributed by atoms with E-state index in [4.69, 9.17) is 5.11 Å². The number of nitrogens with one attached hydrogen (secondary N) is 1. The first kappa shape index (κ1) is 37.6. The Kier molecular flexibility index (Phi) is 28.6. The number of hydrogen-bond donors (Lipinski definition) is 2. The molecule has 0 aromatic rings. The van der Waals surface area contributed by atoms with Crippen molar-refractivity contribution in [2.75, 3.05) is 6.54 Å². The van der Waals surface area contributed by atoms with Crippen molar-refractivity contribution in [3.05, 3.63) is 0 Å². The molecule has 36 heavy (non-hydrogen) atoms. The summed E-state index contributed by atoms with van der Waals surface area (Å²) >= 11 is 0. The fourth-order valence-electron chi connectivity index (χ4n) is 4.27. The van der Waals surface area contributed by atoms with Gasteiger partial charge in [-0.1, -0.05) is 117 Å². The summed E-state index contributed by atoms with van der Waals surface area (Å²) in [6.07, 6.45) is 22.3. The SMILES string of the molecule is CCCCCCCCCCCCCCCCCCNC(=O)[C@@H](N=C([O-])CCCCC(=O)O)C(C)C.[Na+]. The predicted octanol–water partition coefficient (Wildman–Crippen LogP) is 3.80. The molecule has 0 bridgehead atoms.